The molecule has 1 saturated heterocycles. The van der Waals surface area contributed by atoms with E-state index in [2.05, 4.69) is 21.4 Å². The van der Waals surface area contributed by atoms with E-state index >= 15 is 0 Å². The predicted octanol–water partition coefficient (Wildman–Crippen LogP) is 3.16. The highest BCUT2D eigenvalue weighted by Crippen LogP contribution is 2.34. The van der Waals surface area contributed by atoms with Gasteiger partial charge in [0.15, 0.2) is 10.8 Å². The molecule has 1 amide bonds. The van der Waals surface area contributed by atoms with Crippen molar-refractivity contribution in [2.24, 2.45) is 0 Å². The van der Waals surface area contributed by atoms with E-state index in [0.29, 0.717) is 17.8 Å². The lowest BCUT2D eigenvalue weighted by Crippen LogP contribution is -2.43. The van der Waals surface area contributed by atoms with E-state index in [-0.39, 0.29) is 11.9 Å². The number of rotatable bonds is 4. The molecule has 27 heavy (non-hydrogen) atoms. The lowest BCUT2D eigenvalue weighted by atomic mass is 10.2. The number of aryl methyl sites for hydroxylation is 1. The molecule has 6 nitrogen and oxygen atoms in total. The summed E-state index contributed by atoms with van der Waals surface area (Å²) in [6.07, 6.45) is 3.42. The minimum atomic E-state index is -0.235. The van der Waals surface area contributed by atoms with Gasteiger partial charge < -0.3 is 10.2 Å². The summed E-state index contributed by atoms with van der Waals surface area (Å²) in [6.45, 7) is 3.17. The Balaban J connectivity index is 1.55. The zero-order chi connectivity index (χ0) is 18.8. The molecule has 0 bridgehead atoms. The number of nitrogens with zero attached hydrogens (tertiary/aromatic N) is 4. The largest absolute Gasteiger partial charge is 0.350 e. The van der Waals surface area contributed by atoms with Crippen LogP contribution in [-0.2, 0) is 11.3 Å². The van der Waals surface area contributed by atoms with Gasteiger partial charge in [-0.25, -0.2) is 4.98 Å². The first-order valence-corrected chi connectivity index (χ1v) is 9.73. The zero-order valence-corrected chi connectivity index (χ0v) is 15.8. The van der Waals surface area contributed by atoms with E-state index in [1.54, 1.807) is 6.20 Å². The van der Waals surface area contributed by atoms with E-state index in [4.69, 9.17) is 0 Å². The number of hydrogen-bond acceptors (Lipinski definition) is 6. The number of benzene rings is 1. The summed E-state index contributed by atoms with van der Waals surface area (Å²) in [5.41, 5.74) is 3.12. The molecule has 1 atom stereocenters. The monoisotopic (exact) mass is 377 g/mol. The predicted molar refractivity (Wildman–Crippen MR) is 106 cm³/mol. The summed E-state index contributed by atoms with van der Waals surface area (Å²) in [7, 11) is 0. The van der Waals surface area contributed by atoms with Crippen LogP contribution in [0.4, 0.5) is 5.13 Å². The fraction of sp³-hybridized carbons (Fsp3) is 0.300. The molecular weight excluding hydrogens is 358 g/mol. The number of carbonyl (C=O) groups is 1. The van der Waals surface area contributed by atoms with Crippen molar-refractivity contribution in [1.29, 1.82) is 5.26 Å². The summed E-state index contributed by atoms with van der Waals surface area (Å²) >= 11 is 1.45. The molecule has 2 aromatic heterocycles. The first-order chi connectivity index (χ1) is 13.2. The Kier molecular flexibility index (Phi) is 4.73. The number of amides is 1. The van der Waals surface area contributed by atoms with Gasteiger partial charge in [0.25, 0.3) is 0 Å². The molecule has 0 radical (unpaired) electrons. The maximum Gasteiger partial charge on any atom is 0.243 e. The number of nitriles is 1. The van der Waals surface area contributed by atoms with E-state index in [1.165, 1.54) is 11.3 Å². The average Bonchev–Trinajstić information content (AvgIpc) is 3.33. The van der Waals surface area contributed by atoms with Gasteiger partial charge in [-0.15, -0.1) is 0 Å². The number of pyridine rings is 1. The van der Waals surface area contributed by atoms with Crippen LogP contribution < -0.4 is 10.2 Å². The van der Waals surface area contributed by atoms with Gasteiger partial charge in [0.2, 0.25) is 5.91 Å². The minimum Gasteiger partial charge on any atom is -0.350 e. The van der Waals surface area contributed by atoms with Crippen molar-refractivity contribution in [2.75, 3.05) is 11.4 Å². The van der Waals surface area contributed by atoms with Crippen LogP contribution in [0.25, 0.3) is 10.3 Å². The fourth-order valence-corrected chi connectivity index (χ4v) is 4.53. The zero-order valence-electron chi connectivity index (χ0n) is 15.0. The Labute approximate surface area is 161 Å². The van der Waals surface area contributed by atoms with Crippen molar-refractivity contribution in [3.05, 3.63) is 53.2 Å². The highest BCUT2D eigenvalue weighted by molar-refractivity contribution is 7.22. The van der Waals surface area contributed by atoms with Gasteiger partial charge >= 0.3 is 0 Å². The fourth-order valence-electron chi connectivity index (χ4n) is 3.39. The SMILES string of the molecule is Cc1cnc2nc(N3CCCC3C(=O)NCc3ccccc3)sc2c1C#N. The first kappa shape index (κ1) is 17.4. The quantitative estimate of drug-likeness (QED) is 0.755. The van der Waals surface area contributed by atoms with Gasteiger partial charge in [-0.1, -0.05) is 41.7 Å². The highest BCUT2D eigenvalue weighted by atomic mass is 32.1. The first-order valence-electron chi connectivity index (χ1n) is 8.92. The molecule has 3 aromatic rings. The van der Waals surface area contributed by atoms with Gasteiger partial charge in [0.05, 0.1) is 10.3 Å². The second-order valence-electron chi connectivity index (χ2n) is 6.63. The van der Waals surface area contributed by atoms with E-state index in [9.17, 15) is 10.1 Å². The molecule has 3 heterocycles. The second kappa shape index (κ2) is 7.33. The molecule has 7 heteroatoms. The smallest absolute Gasteiger partial charge is 0.243 e. The van der Waals surface area contributed by atoms with E-state index in [0.717, 1.165) is 40.3 Å². The Morgan fingerprint density at radius 1 is 1.41 bits per heavy atom. The molecule has 1 fully saturated rings. The molecule has 0 aliphatic carbocycles. The molecule has 0 saturated carbocycles. The van der Waals surface area contributed by atoms with E-state index in [1.807, 2.05) is 42.2 Å². The summed E-state index contributed by atoms with van der Waals surface area (Å²) in [6, 6.07) is 11.9. The number of thiazole rings is 1. The van der Waals surface area contributed by atoms with Crippen LogP contribution in [0.2, 0.25) is 0 Å². The lowest BCUT2D eigenvalue weighted by Gasteiger charge is -2.23. The van der Waals surface area contributed by atoms with Crippen molar-refractivity contribution in [2.45, 2.75) is 32.4 Å². The number of hydrogen-bond donors (Lipinski definition) is 1. The van der Waals surface area contributed by atoms with Crippen molar-refractivity contribution in [1.82, 2.24) is 15.3 Å². The molecular formula is C20H19N5OS. The molecule has 0 spiro atoms. The van der Waals surface area contributed by atoms with Gasteiger partial charge in [-0.2, -0.15) is 10.2 Å². The minimum absolute atomic E-state index is 0.0141. The Hall–Kier alpha value is -2.98. The van der Waals surface area contributed by atoms with E-state index < -0.39 is 0 Å². The van der Waals surface area contributed by atoms with Crippen LogP contribution in [0.3, 0.4) is 0 Å². The van der Waals surface area contributed by atoms with Crippen molar-refractivity contribution >= 4 is 32.7 Å². The van der Waals surface area contributed by atoms with Gasteiger partial charge in [0, 0.05) is 19.3 Å². The van der Waals surface area contributed by atoms with Crippen LogP contribution in [0, 0.1) is 18.3 Å². The van der Waals surface area contributed by atoms with Crippen molar-refractivity contribution in [3.8, 4) is 6.07 Å². The number of anilines is 1. The average molecular weight is 377 g/mol. The van der Waals surface area contributed by atoms with Gasteiger partial charge in [0.1, 0.15) is 12.1 Å². The summed E-state index contributed by atoms with van der Waals surface area (Å²) in [5, 5.41) is 13.2. The Morgan fingerprint density at radius 2 is 2.22 bits per heavy atom. The third-order valence-corrected chi connectivity index (χ3v) is 5.92. The van der Waals surface area contributed by atoms with Gasteiger partial charge in [-0.3, -0.25) is 4.79 Å². The summed E-state index contributed by atoms with van der Waals surface area (Å²) < 4.78 is 0.794. The summed E-state index contributed by atoms with van der Waals surface area (Å²) in [4.78, 5) is 23.7. The maximum atomic E-state index is 12.8. The maximum absolute atomic E-state index is 12.8. The molecule has 1 unspecified atom stereocenters. The standard InChI is InChI=1S/C20H19N5OS/c1-13-11-22-18-17(15(13)10-21)27-20(24-18)25-9-5-8-16(25)19(26)23-12-14-6-3-2-4-7-14/h2-4,6-7,11,16H,5,8-9,12H2,1H3,(H,23,26). The van der Waals surface area contributed by atoms with Crippen molar-refractivity contribution in [3.63, 3.8) is 0 Å². The number of aromatic nitrogens is 2. The Morgan fingerprint density at radius 3 is 3.00 bits per heavy atom. The van der Waals surface area contributed by atoms with Crippen molar-refractivity contribution < 1.29 is 4.79 Å². The molecule has 136 valence electrons. The third-order valence-electron chi connectivity index (χ3n) is 4.82. The third kappa shape index (κ3) is 3.36. The van der Waals surface area contributed by atoms with Crippen LogP contribution in [0.1, 0.15) is 29.5 Å². The van der Waals surface area contributed by atoms with Gasteiger partial charge in [-0.05, 0) is 30.9 Å². The van der Waals surface area contributed by atoms with Crippen LogP contribution >= 0.6 is 11.3 Å². The molecule has 4 rings (SSSR count). The molecule has 1 aromatic carbocycles. The van der Waals surface area contributed by atoms with Crippen LogP contribution in [0.15, 0.2) is 36.5 Å². The number of nitrogens with one attached hydrogen (secondary N) is 1. The highest BCUT2D eigenvalue weighted by Gasteiger charge is 2.33. The molecule has 1 aliphatic rings. The normalized spacial score (nSPS) is 16.4. The lowest BCUT2D eigenvalue weighted by molar-refractivity contribution is -0.122. The summed E-state index contributed by atoms with van der Waals surface area (Å²) in [5.74, 6) is 0.0141. The molecule has 1 aliphatic heterocycles. The number of carbonyl (C=O) groups excluding carboxylic acids is 1. The topological polar surface area (TPSA) is 81.9 Å². The van der Waals surface area contributed by atoms with Crippen LogP contribution in [0.5, 0.6) is 0 Å². The molecule has 1 N–H and O–H groups in total. The van der Waals surface area contributed by atoms with Crippen LogP contribution in [-0.4, -0.2) is 28.5 Å². The number of fused-ring (bicyclic) bond motifs is 1. The second-order valence-corrected chi connectivity index (χ2v) is 7.61. The Bertz CT molecular complexity index is 1020.